The second-order valence-electron chi connectivity index (χ2n) is 28.6. The van der Waals surface area contributed by atoms with Crippen molar-refractivity contribution < 1.29 is 132 Å². The van der Waals surface area contributed by atoms with Crippen molar-refractivity contribution in [3.63, 3.8) is 0 Å². The Labute approximate surface area is 687 Å². The molecule has 0 aliphatic carbocycles. The molecule has 51 heteroatoms. The highest BCUT2D eigenvalue weighted by atomic mass is 32.1. The number of nitrogens with zero attached hydrogens (tertiary/aromatic N) is 5. The van der Waals surface area contributed by atoms with Gasteiger partial charge in [-0.15, -0.1) is 22.7 Å². The van der Waals surface area contributed by atoms with Crippen molar-refractivity contribution in [3.05, 3.63) is 56.8 Å². The van der Waals surface area contributed by atoms with Gasteiger partial charge in [-0.3, -0.25) is 38.4 Å². The minimum atomic E-state index is -2.27. The maximum absolute atomic E-state index is 15.3. The van der Waals surface area contributed by atoms with E-state index in [1.807, 2.05) is 0 Å². The van der Waals surface area contributed by atoms with Gasteiger partial charge in [0.15, 0.2) is 37.3 Å². The third-order valence-corrected chi connectivity index (χ3v) is 21.1. The van der Waals surface area contributed by atoms with Crippen LogP contribution in [0, 0.1) is 6.92 Å². The van der Waals surface area contributed by atoms with Crippen LogP contribution in [0.25, 0.3) is 10.7 Å². The van der Waals surface area contributed by atoms with Crippen molar-refractivity contribution in [1.82, 2.24) is 72.4 Å². The van der Waals surface area contributed by atoms with Crippen molar-refractivity contribution in [2.24, 2.45) is 40.1 Å². The lowest BCUT2D eigenvalue weighted by molar-refractivity contribution is -0.372. The number of aromatic nitrogens is 6. The number of rotatable bonds is 47. The first-order chi connectivity index (χ1) is 56.4. The topological polar surface area (TPSA) is 825 Å². The number of imidazole rings is 1. The molecule has 7 rings (SSSR count). The van der Waals surface area contributed by atoms with Gasteiger partial charge in [-0.2, -0.15) is 0 Å². The first kappa shape index (κ1) is 97.6. The van der Waals surface area contributed by atoms with Crippen LogP contribution in [0.15, 0.2) is 23.3 Å². The first-order valence-corrected chi connectivity index (χ1v) is 39.7. The van der Waals surface area contributed by atoms with Crippen molar-refractivity contribution in [3.8, 4) is 10.7 Å². The number of carbonyl (C=O) groups is 9. The van der Waals surface area contributed by atoms with Gasteiger partial charge in [0.25, 0.3) is 11.8 Å². The molecule has 119 heavy (non-hydrogen) atoms. The molecule has 26 atom stereocenters. The van der Waals surface area contributed by atoms with E-state index in [0.717, 1.165) is 81.4 Å². The van der Waals surface area contributed by atoms with Crippen molar-refractivity contribution in [2.45, 2.75) is 238 Å². The molecule has 0 saturated carbocycles. The van der Waals surface area contributed by atoms with Crippen molar-refractivity contribution in [1.29, 1.82) is 0 Å². The number of carbonyl (C=O) groups excluding carboxylic acids is 9. The fraction of sp³-hybridized carbons (Fsp3) is 0.676. The Bertz CT molecular complexity index is 3960. The lowest BCUT2D eigenvalue weighted by Gasteiger charge is -2.47. The van der Waals surface area contributed by atoms with Crippen LogP contribution < -0.4 is 88.4 Å². The van der Waals surface area contributed by atoms with Crippen LogP contribution in [0.2, 0.25) is 0 Å². The molecule has 36 N–H and O–H groups in total. The molecule has 11 unspecified atom stereocenters. The second kappa shape index (κ2) is 46.5. The summed E-state index contributed by atoms with van der Waals surface area (Å²) in [7, 11) is 0. The minimum absolute atomic E-state index is 0.00960. The maximum Gasteiger partial charge on any atom is 0.404 e. The lowest BCUT2D eigenvalue weighted by atomic mass is 9.97. The Morgan fingerprint density at radius 3 is 2.02 bits per heavy atom. The number of aliphatic hydroxyl groups excluding tert-OH is 11. The summed E-state index contributed by atoms with van der Waals surface area (Å²) in [5.74, 6) is -8.64. The molecule has 7 heterocycles. The number of hydrogen-bond donors (Lipinski definition) is 28. The van der Waals surface area contributed by atoms with E-state index in [-0.39, 0.29) is 51.5 Å². The number of amides is 9. The third kappa shape index (κ3) is 27.5. The molecule has 9 amide bonds. The number of nitrogen functional groups attached to an aromatic ring is 1. The SMILES string of the molecule is Cc1c(N)nc(C(CC(N)=O)NCC(N)C(N)=O)nc1C(=O)NC(C(=O)NC(C)C(O)CC(=O)NC(C(=O)NC(O[C@@H]1O[C@@H](C)[C@@H](N)[C@@H](O)[C@H]1O)C(O)c1nc(-c2nc(C(=O)NCCCC(N)CC(=O)NCCCNCCCCN)cs2)cs1)C(C)O)C(O[C@@H]1O[C@@H](CO)[C@@H](O)[C@H](O)[C@@H]1O[C@@H]1O[C@@H](CO)[C@H](O)[C@@H](OC(N)=O)[C@H]1O)c1cnc[nH]1. The van der Waals surface area contributed by atoms with Crippen molar-refractivity contribution >= 4 is 81.8 Å². The van der Waals surface area contributed by atoms with Crippen LogP contribution in [-0.2, 0) is 61.9 Å². The Hall–Kier alpha value is -8.54. The summed E-state index contributed by atoms with van der Waals surface area (Å²) in [5.41, 5.74) is 45.1. The average Bonchev–Trinajstić information content (AvgIpc) is 1.21. The molecule has 3 saturated heterocycles. The zero-order valence-electron chi connectivity index (χ0n) is 65.3. The smallest absolute Gasteiger partial charge is 0.404 e. The van der Waals surface area contributed by atoms with Crippen molar-refractivity contribution in [2.75, 3.05) is 58.2 Å². The molecule has 3 aliphatic rings. The number of H-pyrrole nitrogens is 1. The van der Waals surface area contributed by atoms with Gasteiger partial charge in [0.2, 0.25) is 35.4 Å². The molecule has 4 aromatic rings. The standard InChI is InChI=1S/C68H110N22O27S2/c1-25-42(87-57(89-55(25)74)31(16-38(72)95)81-18-30(71)56(75)105)59(107)88-44(52(32-19-78-24-82-32)114-67-54(48(101)45(98)36(20-91)113-67)115-66-50(103)53(116-68(76)110)46(99)37(21-92)112-66)61(109)83-26(2)35(94)17-40(97)86-43(27(3)93)60(108)90-62(117-65-49(102)47(100)41(73)28(4)111-65)51(104)64-85-34(23-119-64)63-84-33(22-118-63)58(106)80-13-7-9-29(70)15-39(96)79-14-8-12-77-11-6-5-10-69/h19,22-24,26-31,35-37,41,43-54,62,65-67,77,81,91-94,98-104H,5-18,20-21,69-71,73H2,1-4H3,(H2,72,95)(H2,75,105)(H2,76,110)(H,78,82)(H,79,96)(H,80,106)(H,83,109)(H,86,97)(H,88,107)(H,90,108)(H2,74,87,89)/t26?,27?,28-,29?,30?,31?,35?,36-,37-,41+,43?,44?,45+,46-,47+,48-,49+,50+,51?,52?,53+,54-,62?,65-,66-,67-/m0/s1. The van der Waals surface area contributed by atoms with Crippen LogP contribution in [0.3, 0.4) is 0 Å². The van der Waals surface area contributed by atoms with Crippen LogP contribution in [0.1, 0.15) is 133 Å². The van der Waals surface area contributed by atoms with Crippen LogP contribution in [-0.4, -0.2) is 333 Å². The number of primary amides is 3. The minimum Gasteiger partial charge on any atom is -0.441 e. The zero-order chi connectivity index (χ0) is 87.8. The first-order valence-electron chi connectivity index (χ1n) is 37.9. The molecule has 3 fully saturated rings. The number of nitrogens with two attached hydrogens (primary N) is 8. The highest BCUT2D eigenvalue weighted by molar-refractivity contribution is 7.14. The van der Waals surface area contributed by atoms with E-state index in [1.165, 1.54) is 24.6 Å². The number of thiazole rings is 2. The molecule has 0 aromatic carbocycles. The fourth-order valence-electron chi connectivity index (χ4n) is 12.4. The summed E-state index contributed by atoms with van der Waals surface area (Å²) >= 11 is 1.84. The van der Waals surface area contributed by atoms with E-state index in [9.17, 15) is 89.7 Å². The van der Waals surface area contributed by atoms with Gasteiger partial charge < -0.3 is 183 Å². The van der Waals surface area contributed by atoms with E-state index >= 15 is 9.59 Å². The van der Waals surface area contributed by atoms with E-state index in [2.05, 4.69) is 72.4 Å². The second-order valence-corrected chi connectivity index (χ2v) is 30.3. The van der Waals surface area contributed by atoms with Gasteiger partial charge in [-0.1, -0.05) is 0 Å². The van der Waals surface area contributed by atoms with Gasteiger partial charge >= 0.3 is 6.09 Å². The number of ether oxygens (including phenoxy) is 7. The summed E-state index contributed by atoms with van der Waals surface area (Å²) in [6.45, 7) is 5.33. The third-order valence-electron chi connectivity index (χ3n) is 19.3. The fourth-order valence-corrected chi connectivity index (χ4v) is 14.0. The summed E-state index contributed by atoms with van der Waals surface area (Å²) < 4.78 is 40.5. The molecule has 3 aliphatic heterocycles. The Morgan fingerprint density at radius 2 is 1.36 bits per heavy atom. The Kier molecular flexibility index (Phi) is 38.1. The molecule has 4 aromatic heterocycles. The Balaban J connectivity index is 1.11. The van der Waals surface area contributed by atoms with Crippen LogP contribution in [0.5, 0.6) is 0 Å². The quantitative estimate of drug-likeness (QED) is 0.0144. The highest BCUT2D eigenvalue weighted by Gasteiger charge is 2.54. The van der Waals surface area contributed by atoms with Gasteiger partial charge in [0, 0.05) is 54.8 Å². The number of hydrogen-bond acceptors (Lipinski definition) is 41. The lowest BCUT2D eigenvalue weighted by Crippen LogP contribution is -2.65. The molecule has 49 nitrogen and oxygen atoms in total. The number of aromatic amines is 1. The van der Waals surface area contributed by atoms with Gasteiger partial charge in [-0.05, 0) is 79.4 Å². The predicted octanol–water partition coefficient (Wildman–Crippen LogP) is -11.3. The van der Waals surface area contributed by atoms with E-state index < -0.39 is 256 Å². The molecule has 666 valence electrons. The summed E-state index contributed by atoms with van der Waals surface area (Å²) in [6, 6.07) is -10.2. The van der Waals surface area contributed by atoms with E-state index in [0.29, 0.717) is 25.9 Å². The predicted molar refractivity (Wildman–Crippen MR) is 412 cm³/mol. The highest BCUT2D eigenvalue weighted by Crippen LogP contribution is 2.36. The number of unbranched alkanes of at least 4 members (excludes halogenated alkanes) is 1. The van der Waals surface area contributed by atoms with Crippen LogP contribution in [0.4, 0.5) is 10.6 Å². The van der Waals surface area contributed by atoms with Crippen LogP contribution >= 0.6 is 22.7 Å². The van der Waals surface area contributed by atoms with Gasteiger partial charge in [0.05, 0.1) is 80.3 Å². The molecular weight excluding hydrogens is 1620 g/mol. The summed E-state index contributed by atoms with van der Waals surface area (Å²) in [4.78, 5) is 145. The van der Waals surface area contributed by atoms with Gasteiger partial charge in [-0.25, -0.2) is 29.7 Å². The van der Waals surface area contributed by atoms with Gasteiger partial charge in [0.1, 0.15) is 112 Å². The van der Waals surface area contributed by atoms with E-state index in [4.69, 9.17) is 79.0 Å². The normalized spacial score (nSPS) is 26.0. The average molecular weight is 1730 g/mol. The number of aliphatic hydroxyl groups is 11. The molecule has 0 bridgehead atoms. The summed E-state index contributed by atoms with van der Waals surface area (Å²) in [5, 5.41) is 147. The number of nitrogens with one attached hydrogen (secondary N) is 9. The number of anilines is 1. The maximum atomic E-state index is 15.3. The zero-order valence-corrected chi connectivity index (χ0v) is 66.9. The monoisotopic (exact) mass is 1730 g/mol. The Morgan fingerprint density at radius 1 is 0.681 bits per heavy atom. The molecular formula is C68H110N22O27S2. The summed E-state index contributed by atoms with van der Waals surface area (Å²) in [6.07, 6.45) is -34.5. The largest absolute Gasteiger partial charge is 0.441 e. The molecule has 0 spiro atoms. The van der Waals surface area contributed by atoms with E-state index in [1.54, 1.807) is 0 Å². The molecule has 0 radical (unpaired) electrons.